The quantitative estimate of drug-likeness (QED) is 0.624. The summed E-state index contributed by atoms with van der Waals surface area (Å²) in [5.74, 6) is -0.187. The van der Waals surface area contributed by atoms with Gasteiger partial charge in [0.15, 0.2) is 0 Å². The van der Waals surface area contributed by atoms with Crippen molar-refractivity contribution in [1.29, 1.82) is 5.26 Å². The Hall–Kier alpha value is -0.910. The Labute approximate surface area is 66.0 Å². The normalized spacial score (nSPS) is 15.1. The molecule has 1 atom stereocenters. The Kier molecular flexibility index (Phi) is 3.73. The van der Waals surface area contributed by atoms with Crippen LogP contribution in [0.3, 0.4) is 0 Å². The molecule has 0 heterocycles. The molecule has 11 heavy (non-hydrogen) atoms. The number of rotatable bonds is 4. The lowest BCUT2D eigenvalue weighted by Gasteiger charge is -2.15. The molecule has 0 aromatic rings. The van der Waals surface area contributed by atoms with E-state index in [4.69, 9.17) is 5.26 Å². The fraction of sp³-hybridized carbons (Fsp3) is 0.750. The minimum Gasteiger partial charge on any atom is -0.298 e. The zero-order valence-electron chi connectivity index (χ0n) is 6.85. The lowest BCUT2D eigenvalue weighted by Crippen LogP contribution is -2.23. The zero-order valence-corrected chi connectivity index (χ0v) is 6.85. The van der Waals surface area contributed by atoms with E-state index in [9.17, 15) is 9.18 Å². The van der Waals surface area contributed by atoms with Gasteiger partial charge in [-0.25, -0.2) is 0 Å². The van der Waals surface area contributed by atoms with Crippen LogP contribution >= 0.6 is 0 Å². The highest BCUT2D eigenvalue weighted by Gasteiger charge is 2.28. The summed E-state index contributed by atoms with van der Waals surface area (Å²) in [5, 5.41) is 8.59. The van der Waals surface area contributed by atoms with Crippen molar-refractivity contribution in [2.24, 2.45) is 5.41 Å². The fourth-order valence-electron chi connectivity index (χ4n) is 0.731. The standard InChI is InChI=1S/C8H12FNO/c1-7(11)8(2,6-10)4-3-5-9/h3-5H2,1-2H3. The van der Waals surface area contributed by atoms with E-state index in [1.165, 1.54) is 6.92 Å². The molecule has 0 bridgehead atoms. The van der Waals surface area contributed by atoms with Gasteiger partial charge in [0, 0.05) is 0 Å². The third kappa shape index (κ3) is 2.67. The first kappa shape index (κ1) is 10.1. The maximum atomic E-state index is 11.7. The molecule has 0 aromatic heterocycles. The van der Waals surface area contributed by atoms with Gasteiger partial charge in [-0.1, -0.05) is 0 Å². The molecule has 0 spiro atoms. The first-order chi connectivity index (χ1) is 5.06. The highest BCUT2D eigenvalue weighted by Crippen LogP contribution is 2.22. The second-order valence-electron chi connectivity index (χ2n) is 2.79. The fourth-order valence-corrected chi connectivity index (χ4v) is 0.731. The minimum atomic E-state index is -0.980. The smallest absolute Gasteiger partial charge is 0.149 e. The van der Waals surface area contributed by atoms with E-state index in [2.05, 4.69) is 0 Å². The first-order valence-electron chi connectivity index (χ1n) is 3.55. The van der Waals surface area contributed by atoms with E-state index >= 15 is 0 Å². The highest BCUT2D eigenvalue weighted by molar-refractivity contribution is 5.84. The molecule has 62 valence electrons. The van der Waals surface area contributed by atoms with Gasteiger partial charge in [0.25, 0.3) is 0 Å². The van der Waals surface area contributed by atoms with E-state index in [-0.39, 0.29) is 12.2 Å². The van der Waals surface area contributed by atoms with Crippen molar-refractivity contribution in [1.82, 2.24) is 0 Å². The van der Waals surface area contributed by atoms with Gasteiger partial charge in [0.05, 0.1) is 12.7 Å². The summed E-state index contributed by atoms with van der Waals surface area (Å²) < 4.78 is 11.7. The molecular formula is C8H12FNO. The van der Waals surface area contributed by atoms with Crippen LogP contribution in [0.5, 0.6) is 0 Å². The third-order valence-corrected chi connectivity index (χ3v) is 1.83. The molecule has 0 amide bonds. The molecule has 1 unspecified atom stereocenters. The lowest BCUT2D eigenvalue weighted by atomic mass is 9.84. The molecule has 0 radical (unpaired) electrons. The number of nitriles is 1. The Morgan fingerprint density at radius 2 is 2.27 bits per heavy atom. The molecule has 3 heteroatoms. The maximum Gasteiger partial charge on any atom is 0.149 e. The molecular weight excluding hydrogens is 145 g/mol. The minimum absolute atomic E-state index is 0.187. The van der Waals surface area contributed by atoms with Crippen LogP contribution in [0.4, 0.5) is 4.39 Å². The van der Waals surface area contributed by atoms with Gasteiger partial charge >= 0.3 is 0 Å². The molecule has 0 rings (SSSR count). The van der Waals surface area contributed by atoms with Crippen LogP contribution in [-0.4, -0.2) is 12.5 Å². The molecule has 0 aliphatic heterocycles. The monoisotopic (exact) mass is 157 g/mol. The van der Waals surface area contributed by atoms with Gasteiger partial charge in [-0.3, -0.25) is 9.18 Å². The number of carbonyl (C=O) groups excluding carboxylic acids is 1. The second-order valence-corrected chi connectivity index (χ2v) is 2.79. The summed E-state index contributed by atoms with van der Waals surface area (Å²) in [6, 6.07) is 1.90. The summed E-state index contributed by atoms with van der Waals surface area (Å²) in [7, 11) is 0. The van der Waals surface area contributed by atoms with Crippen LogP contribution in [0, 0.1) is 16.7 Å². The predicted molar refractivity (Wildman–Crippen MR) is 39.6 cm³/mol. The van der Waals surface area contributed by atoms with Crippen LogP contribution in [0.15, 0.2) is 0 Å². The Morgan fingerprint density at radius 1 is 1.73 bits per heavy atom. The van der Waals surface area contributed by atoms with Crippen molar-refractivity contribution < 1.29 is 9.18 Å². The topological polar surface area (TPSA) is 40.9 Å². The van der Waals surface area contributed by atoms with Crippen molar-refractivity contribution in [3.63, 3.8) is 0 Å². The van der Waals surface area contributed by atoms with E-state index in [1.54, 1.807) is 6.92 Å². The number of hydrogen-bond donors (Lipinski definition) is 0. The summed E-state index contributed by atoms with van der Waals surface area (Å²) in [6.07, 6.45) is 0.596. The van der Waals surface area contributed by atoms with E-state index < -0.39 is 12.1 Å². The SMILES string of the molecule is CC(=O)C(C)(C#N)CCCF. The molecule has 0 fully saturated rings. The number of ketones is 1. The van der Waals surface area contributed by atoms with Gasteiger partial charge in [-0.15, -0.1) is 0 Å². The van der Waals surface area contributed by atoms with Crippen LogP contribution in [-0.2, 0) is 4.79 Å². The van der Waals surface area contributed by atoms with E-state index in [1.807, 2.05) is 6.07 Å². The molecule has 0 saturated carbocycles. The van der Waals surface area contributed by atoms with E-state index in [0.29, 0.717) is 6.42 Å². The van der Waals surface area contributed by atoms with Crippen molar-refractivity contribution in [2.45, 2.75) is 26.7 Å². The average Bonchev–Trinajstić information content (AvgIpc) is 2.00. The molecule has 0 saturated heterocycles. The largest absolute Gasteiger partial charge is 0.298 e. The third-order valence-electron chi connectivity index (χ3n) is 1.83. The summed E-state index contributed by atoms with van der Waals surface area (Å²) >= 11 is 0. The van der Waals surface area contributed by atoms with Crippen LogP contribution < -0.4 is 0 Å². The van der Waals surface area contributed by atoms with Crippen LogP contribution in [0.2, 0.25) is 0 Å². The Balaban J connectivity index is 4.14. The Bertz CT molecular complexity index is 185. The van der Waals surface area contributed by atoms with E-state index in [0.717, 1.165) is 0 Å². The second kappa shape index (κ2) is 4.07. The van der Waals surface area contributed by atoms with Crippen molar-refractivity contribution in [2.75, 3.05) is 6.67 Å². The Morgan fingerprint density at radius 3 is 2.55 bits per heavy atom. The van der Waals surface area contributed by atoms with Crippen molar-refractivity contribution in [3.05, 3.63) is 0 Å². The number of nitrogens with zero attached hydrogens (tertiary/aromatic N) is 1. The van der Waals surface area contributed by atoms with Crippen molar-refractivity contribution in [3.8, 4) is 6.07 Å². The first-order valence-corrected chi connectivity index (χ1v) is 3.55. The molecule has 0 N–H and O–H groups in total. The number of carbonyl (C=O) groups is 1. The summed E-state index contributed by atoms with van der Waals surface area (Å²) in [6.45, 7) is 2.44. The average molecular weight is 157 g/mol. The number of Topliss-reactive ketones (excluding diaryl/α,β-unsaturated/α-hetero) is 1. The summed E-state index contributed by atoms with van der Waals surface area (Å²) in [4.78, 5) is 10.9. The van der Waals surface area contributed by atoms with Crippen LogP contribution in [0.1, 0.15) is 26.7 Å². The lowest BCUT2D eigenvalue weighted by molar-refractivity contribution is -0.123. The zero-order chi connectivity index (χ0) is 8.91. The molecule has 0 aliphatic carbocycles. The van der Waals surface area contributed by atoms with Crippen molar-refractivity contribution >= 4 is 5.78 Å². The number of alkyl halides is 1. The van der Waals surface area contributed by atoms with Gasteiger partial charge in [-0.2, -0.15) is 5.26 Å². The maximum absolute atomic E-state index is 11.7. The van der Waals surface area contributed by atoms with Crippen LogP contribution in [0.25, 0.3) is 0 Å². The molecule has 0 aliphatic rings. The number of halogens is 1. The van der Waals surface area contributed by atoms with Gasteiger partial charge in [0.2, 0.25) is 0 Å². The molecule has 2 nitrogen and oxygen atoms in total. The van der Waals surface area contributed by atoms with Gasteiger partial charge in [0.1, 0.15) is 11.2 Å². The number of hydrogen-bond acceptors (Lipinski definition) is 2. The molecule has 0 aromatic carbocycles. The predicted octanol–water partition coefficient (Wildman–Crippen LogP) is 1.85. The summed E-state index contributed by atoms with van der Waals surface area (Å²) in [5.41, 5.74) is -0.980. The van der Waals surface area contributed by atoms with Gasteiger partial charge in [-0.05, 0) is 26.7 Å². The highest BCUT2D eigenvalue weighted by atomic mass is 19.1. The van der Waals surface area contributed by atoms with Gasteiger partial charge < -0.3 is 0 Å².